The molecule has 1 saturated carbocycles. The van der Waals surface area contributed by atoms with Crippen LogP contribution in [0.5, 0.6) is 0 Å². The van der Waals surface area contributed by atoms with E-state index in [0.717, 1.165) is 10.4 Å². The highest BCUT2D eigenvalue weighted by atomic mass is 79.9. The molecule has 0 N–H and O–H groups in total. The van der Waals surface area contributed by atoms with Crippen molar-refractivity contribution in [3.63, 3.8) is 0 Å². The van der Waals surface area contributed by atoms with Crippen molar-refractivity contribution in [1.82, 2.24) is 0 Å². The highest BCUT2D eigenvalue weighted by molar-refractivity contribution is 9.10. The molecule has 100 valence electrons. The summed E-state index contributed by atoms with van der Waals surface area (Å²) in [7, 11) is 2.21. The van der Waals surface area contributed by atoms with Crippen LogP contribution in [0.3, 0.4) is 0 Å². The number of alkyl halides is 1. The van der Waals surface area contributed by atoms with Crippen molar-refractivity contribution < 1.29 is 0 Å². The molecule has 1 aliphatic carbocycles. The quantitative estimate of drug-likeness (QED) is 0.688. The maximum absolute atomic E-state index is 6.05. The number of benzene rings is 1. The fourth-order valence-electron chi connectivity index (χ4n) is 2.80. The third kappa shape index (κ3) is 3.21. The average Bonchev–Trinajstić information content (AvgIpc) is 2.39. The Bertz CT molecular complexity index is 399. The Morgan fingerprint density at radius 3 is 2.56 bits per heavy atom. The molecule has 18 heavy (non-hydrogen) atoms. The Balaban J connectivity index is 2.17. The predicted octanol–water partition coefficient (Wildman–Crippen LogP) is 5.20. The van der Waals surface area contributed by atoms with Crippen LogP contribution in [0, 0.1) is 5.92 Å². The zero-order chi connectivity index (χ0) is 13.1. The Hall–Kier alpha value is -0.210. The van der Waals surface area contributed by atoms with Crippen LogP contribution in [0.25, 0.3) is 0 Å². The van der Waals surface area contributed by atoms with Gasteiger partial charge >= 0.3 is 0 Å². The van der Waals surface area contributed by atoms with Gasteiger partial charge in [-0.3, -0.25) is 0 Å². The van der Waals surface area contributed by atoms with E-state index < -0.39 is 0 Å². The van der Waals surface area contributed by atoms with Crippen molar-refractivity contribution in [1.29, 1.82) is 0 Å². The van der Waals surface area contributed by atoms with E-state index in [0.29, 0.717) is 11.9 Å². The molecule has 0 bridgehead atoms. The van der Waals surface area contributed by atoms with Crippen LogP contribution in [0.2, 0.25) is 0 Å². The minimum Gasteiger partial charge on any atom is -0.371 e. The molecule has 0 unspecified atom stereocenters. The highest BCUT2D eigenvalue weighted by Gasteiger charge is 2.23. The van der Waals surface area contributed by atoms with Crippen molar-refractivity contribution in [3.05, 3.63) is 28.2 Å². The first-order valence-electron chi connectivity index (χ1n) is 6.69. The zero-order valence-corrected chi connectivity index (χ0v) is 13.5. The molecule has 0 radical (unpaired) electrons. The molecule has 3 heteroatoms. The number of halogens is 2. The van der Waals surface area contributed by atoms with E-state index in [1.165, 1.54) is 36.9 Å². The summed E-state index contributed by atoms with van der Waals surface area (Å²) in [5, 5.41) is 0. The fraction of sp³-hybridized carbons (Fsp3) is 0.600. The number of nitrogens with zero attached hydrogens (tertiary/aromatic N) is 1. The summed E-state index contributed by atoms with van der Waals surface area (Å²) in [5.74, 6) is 1.47. The molecule has 0 heterocycles. The molecule has 1 nitrogen and oxygen atoms in total. The van der Waals surface area contributed by atoms with E-state index in [1.807, 2.05) is 0 Å². The second-order valence-electron chi connectivity index (χ2n) is 5.43. The van der Waals surface area contributed by atoms with E-state index >= 15 is 0 Å². The van der Waals surface area contributed by atoms with Gasteiger partial charge in [-0.15, -0.1) is 11.6 Å². The largest absolute Gasteiger partial charge is 0.371 e. The van der Waals surface area contributed by atoms with E-state index in [9.17, 15) is 0 Å². The van der Waals surface area contributed by atoms with Crippen LogP contribution in [0.4, 0.5) is 5.69 Å². The SMILES string of the molecule is CC1CCC(N(C)c2cc(Br)ccc2CCl)CC1. The van der Waals surface area contributed by atoms with Gasteiger partial charge in [0, 0.05) is 29.1 Å². The lowest BCUT2D eigenvalue weighted by Crippen LogP contribution is -2.35. The Labute approximate surface area is 124 Å². The van der Waals surface area contributed by atoms with Crippen molar-refractivity contribution >= 4 is 33.2 Å². The first kappa shape index (κ1) is 14.2. The molecule has 1 aromatic rings. The lowest BCUT2D eigenvalue weighted by atomic mass is 9.86. The van der Waals surface area contributed by atoms with Gasteiger partial charge in [0.25, 0.3) is 0 Å². The summed E-state index contributed by atoms with van der Waals surface area (Å²) >= 11 is 9.61. The summed E-state index contributed by atoms with van der Waals surface area (Å²) in [6.07, 6.45) is 5.29. The lowest BCUT2D eigenvalue weighted by Gasteiger charge is -2.36. The van der Waals surface area contributed by atoms with Crippen LogP contribution in [-0.2, 0) is 5.88 Å². The molecule has 0 saturated heterocycles. The second-order valence-corrected chi connectivity index (χ2v) is 6.61. The van der Waals surface area contributed by atoms with Gasteiger partial charge in [0.2, 0.25) is 0 Å². The molecule has 1 aliphatic rings. The molecule has 1 aromatic carbocycles. The average molecular weight is 331 g/mol. The Morgan fingerprint density at radius 1 is 1.28 bits per heavy atom. The molecule has 2 rings (SSSR count). The first-order chi connectivity index (χ1) is 8.61. The van der Waals surface area contributed by atoms with Crippen LogP contribution >= 0.6 is 27.5 Å². The zero-order valence-electron chi connectivity index (χ0n) is 11.1. The minimum atomic E-state index is 0.579. The van der Waals surface area contributed by atoms with Crippen LogP contribution in [0.1, 0.15) is 38.2 Å². The third-order valence-corrected chi connectivity index (χ3v) is 4.89. The molecule has 0 aromatic heterocycles. The molecule has 0 atom stereocenters. The van der Waals surface area contributed by atoms with Crippen molar-refractivity contribution in [2.45, 2.75) is 44.5 Å². The van der Waals surface area contributed by atoms with Crippen molar-refractivity contribution in [3.8, 4) is 0 Å². The lowest BCUT2D eigenvalue weighted by molar-refractivity contribution is 0.340. The summed E-state index contributed by atoms with van der Waals surface area (Å²) in [6.45, 7) is 2.36. The molecule has 0 amide bonds. The predicted molar refractivity (Wildman–Crippen MR) is 83.5 cm³/mol. The van der Waals surface area contributed by atoms with Crippen LogP contribution in [0.15, 0.2) is 22.7 Å². The smallest absolute Gasteiger partial charge is 0.0494 e. The van der Waals surface area contributed by atoms with Gasteiger partial charge in [-0.05, 0) is 49.3 Å². The summed E-state index contributed by atoms with van der Waals surface area (Å²) < 4.78 is 1.13. The van der Waals surface area contributed by atoms with Gasteiger partial charge < -0.3 is 4.90 Å². The second kappa shape index (κ2) is 6.29. The number of anilines is 1. The molecule has 1 fully saturated rings. The minimum absolute atomic E-state index is 0.579. The van der Waals surface area contributed by atoms with Gasteiger partial charge in [0.15, 0.2) is 0 Å². The van der Waals surface area contributed by atoms with Crippen molar-refractivity contribution in [2.24, 2.45) is 5.92 Å². The van der Waals surface area contributed by atoms with E-state index in [4.69, 9.17) is 11.6 Å². The Morgan fingerprint density at radius 2 is 1.94 bits per heavy atom. The van der Waals surface area contributed by atoms with Crippen LogP contribution < -0.4 is 4.90 Å². The van der Waals surface area contributed by atoms with Crippen molar-refractivity contribution in [2.75, 3.05) is 11.9 Å². The summed E-state index contributed by atoms with van der Waals surface area (Å²) in [4.78, 5) is 2.42. The van der Waals surface area contributed by atoms with E-state index in [1.54, 1.807) is 0 Å². The summed E-state index contributed by atoms with van der Waals surface area (Å²) in [6, 6.07) is 7.04. The normalized spacial score (nSPS) is 24.0. The molecule has 0 aliphatic heterocycles. The number of rotatable bonds is 3. The first-order valence-corrected chi connectivity index (χ1v) is 8.01. The maximum Gasteiger partial charge on any atom is 0.0494 e. The Kier molecular flexibility index (Phi) is 4.97. The topological polar surface area (TPSA) is 3.24 Å². The van der Waals surface area contributed by atoms with E-state index in [2.05, 4.69) is 53.0 Å². The highest BCUT2D eigenvalue weighted by Crippen LogP contribution is 2.32. The van der Waals surface area contributed by atoms with Crippen LogP contribution in [-0.4, -0.2) is 13.1 Å². The molecule has 0 spiro atoms. The van der Waals surface area contributed by atoms with Gasteiger partial charge in [-0.2, -0.15) is 0 Å². The maximum atomic E-state index is 6.05. The third-order valence-electron chi connectivity index (χ3n) is 4.10. The van der Waals surface area contributed by atoms with Gasteiger partial charge in [-0.1, -0.05) is 28.9 Å². The number of hydrogen-bond donors (Lipinski definition) is 0. The molecular weight excluding hydrogens is 310 g/mol. The van der Waals surface area contributed by atoms with Gasteiger partial charge in [0.05, 0.1) is 0 Å². The summed E-state index contributed by atoms with van der Waals surface area (Å²) in [5.41, 5.74) is 2.50. The number of hydrogen-bond acceptors (Lipinski definition) is 1. The van der Waals surface area contributed by atoms with Gasteiger partial charge in [0.1, 0.15) is 0 Å². The monoisotopic (exact) mass is 329 g/mol. The van der Waals surface area contributed by atoms with Gasteiger partial charge in [-0.25, -0.2) is 0 Å². The fourth-order valence-corrected chi connectivity index (χ4v) is 3.38. The molecular formula is C15H21BrClN. The standard InChI is InChI=1S/C15H21BrClN/c1-11-3-7-14(8-4-11)18(2)15-9-13(16)6-5-12(15)10-17/h5-6,9,11,14H,3-4,7-8,10H2,1-2H3. The van der Waals surface area contributed by atoms with E-state index in [-0.39, 0.29) is 0 Å².